The second-order valence-electron chi connectivity index (χ2n) is 7.24. The molecule has 0 N–H and O–H groups in total. The van der Waals surface area contributed by atoms with E-state index in [-0.39, 0.29) is 23.6 Å². The van der Waals surface area contributed by atoms with Crippen molar-refractivity contribution in [3.8, 4) is 0 Å². The molecule has 148 valence electrons. The topological polar surface area (TPSA) is 78.3 Å². The molecule has 0 aliphatic heterocycles. The van der Waals surface area contributed by atoms with Gasteiger partial charge < -0.3 is 4.74 Å². The van der Waals surface area contributed by atoms with Crippen LogP contribution in [0.3, 0.4) is 0 Å². The largest absolute Gasteiger partial charge is 0.453 e. The number of nitrogens with zero attached hydrogens (tertiary/aromatic N) is 2. The molecule has 0 bridgehead atoms. The van der Waals surface area contributed by atoms with Gasteiger partial charge >= 0.3 is 5.97 Å². The van der Waals surface area contributed by atoms with Crippen LogP contribution in [0, 0.1) is 0 Å². The van der Waals surface area contributed by atoms with Crippen LogP contribution in [0.4, 0.5) is 0 Å². The Balaban J connectivity index is 1.58. The monoisotopic (exact) mass is 382 g/mol. The average molecular weight is 382 g/mol. The predicted octanol–water partition coefficient (Wildman–Crippen LogP) is 3.74. The predicted molar refractivity (Wildman–Crippen MR) is 106 cm³/mol. The van der Waals surface area contributed by atoms with Gasteiger partial charge in [0.05, 0.1) is 0 Å². The molecular formula is C22H26N2O4. The summed E-state index contributed by atoms with van der Waals surface area (Å²) in [6.07, 6.45) is 6.97. The molecule has 6 heteroatoms. The fourth-order valence-corrected chi connectivity index (χ4v) is 3.60. The molecule has 1 saturated carbocycles. The molecule has 2 aromatic rings. The van der Waals surface area contributed by atoms with Crippen LogP contribution in [-0.2, 0) is 11.3 Å². The average Bonchev–Trinajstić information content (AvgIpc) is 2.74. The van der Waals surface area contributed by atoms with Gasteiger partial charge in [0.15, 0.2) is 18.1 Å². The van der Waals surface area contributed by atoms with Gasteiger partial charge in [0.1, 0.15) is 0 Å². The van der Waals surface area contributed by atoms with Crippen molar-refractivity contribution in [1.82, 2.24) is 9.78 Å². The van der Waals surface area contributed by atoms with Crippen LogP contribution in [0.25, 0.3) is 0 Å². The summed E-state index contributed by atoms with van der Waals surface area (Å²) in [6, 6.07) is 10.2. The van der Waals surface area contributed by atoms with Crippen LogP contribution in [0.2, 0.25) is 0 Å². The van der Waals surface area contributed by atoms with Gasteiger partial charge in [-0.05, 0) is 36.8 Å². The molecule has 1 aliphatic carbocycles. The summed E-state index contributed by atoms with van der Waals surface area (Å²) < 4.78 is 6.32. The number of hydrogen-bond acceptors (Lipinski definition) is 5. The van der Waals surface area contributed by atoms with Gasteiger partial charge in [0.2, 0.25) is 0 Å². The van der Waals surface area contributed by atoms with Crippen LogP contribution >= 0.6 is 0 Å². The summed E-state index contributed by atoms with van der Waals surface area (Å²) in [5, 5.41) is 3.99. The van der Waals surface area contributed by atoms with E-state index in [0.29, 0.717) is 18.0 Å². The molecule has 0 spiro atoms. The van der Waals surface area contributed by atoms with Crippen molar-refractivity contribution in [2.75, 3.05) is 6.61 Å². The molecule has 1 aromatic heterocycles. The Labute approximate surface area is 164 Å². The summed E-state index contributed by atoms with van der Waals surface area (Å²) in [7, 11) is 0. The normalized spacial score (nSPS) is 14.6. The lowest BCUT2D eigenvalue weighted by Crippen LogP contribution is -2.25. The molecule has 0 radical (unpaired) electrons. The third kappa shape index (κ3) is 4.94. The first-order chi connectivity index (χ1) is 13.6. The number of hydrogen-bond donors (Lipinski definition) is 0. The molecule has 0 atom stereocenters. The number of esters is 1. The molecule has 0 unspecified atom stereocenters. The lowest BCUT2D eigenvalue weighted by atomic mass is 9.84. The van der Waals surface area contributed by atoms with E-state index in [2.05, 4.69) is 5.10 Å². The molecule has 1 heterocycles. The molecule has 1 fully saturated rings. The van der Waals surface area contributed by atoms with Crippen molar-refractivity contribution in [3.05, 3.63) is 63.6 Å². The van der Waals surface area contributed by atoms with Crippen LogP contribution in [-0.4, -0.2) is 28.1 Å². The number of carbonyl (C=O) groups excluding carboxylic acids is 2. The van der Waals surface area contributed by atoms with Gasteiger partial charge in [-0.1, -0.05) is 50.5 Å². The summed E-state index contributed by atoms with van der Waals surface area (Å²) in [5.74, 6) is -0.386. The maximum Gasteiger partial charge on any atom is 0.359 e. The number of rotatable bonds is 7. The first kappa shape index (κ1) is 20.0. The Morgan fingerprint density at radius 1 is 1.07 bits per heavy atom. The van der Waals surface area contributed by atoms with E-state index in [1.54, 1.807) is 12.1 Å². The third-order valence-corrected chi connectivity index (χ3v) is 5.15. The highest BCUT2D eigenvalue weighted by Crippen LogP contribution is 2.32. The molecule has 28 heavy (non-hydrogen) atoms. The lowest BCUT2D eigenvalue weighted by molar-refractivity contribution is 0.0466. The quantitative estimate of drug-likeness (QED) is 0.538. The highest BCUT2D eigenvalue weighted by molar-refractivity contribution is 5.99. The number of ether oxygens (including phenoxy) is 1. The lowest BCUT2D eigenvalue weighted by Gasteiger charge is -2.22. The Morgan fingerprint density at radius 3 is 2.46 bits per heavy atom. The van der Waals surface area contributed by atoms with Gasteiger partial charge in [-0.15, -0.1) is 0 Å². The molecule has 0 amide bonds. The standard InChI is InChI=1S/C22H26N2O4/c1-2-14-24-21(26)13-12-19(23-24)22(27)28-15-20(25)18-10-8-17(9-11-18)16-6-4-3-5-7-16/h8-13,16H,2-7,14-15H2,1H3. The SMILES string of the molecule is CCCn1nc(C(=O)OCC(=O)c2ccc(C3CCCCC3)cc2)ccc1=O. The minimum Gasteiger partial charge on any atom is -0.453 e. The van der Waals surface area contributed by atoms with Gasteiger partial charge in [-0.25, -0.2) is 9.48 Å². The van der Waals surface area contributed by atoms with Crippen LogP contribution < -0.4 is 5.56 Å². The van der Waals surface area contributed by atoms with E-state index in [1.165, 1.54) is 54.5 Å². The van der Waals surface area contributed by atoms with Crippen LogP contribution in [0.5, 0.6) is 0 Å². The van der Waals surface area contributed by atoms with E-state index in [9.17, 15) is 14.4 Å². The van der Waals surface area contributed by atoms with Crippen molar-refractivity contribution in [3.63, 3.8) is 0 Å². The Kier molecular flexibility index (Phi) is 6.74. The van der Waals surface area contributed by atoms with Gasteiger partial charge in [0.25, 0.3) is 5.56 Å². The van der Waals surface area contributed by atoms with Crippen molar-refractivity contribution in [2.24, 2.45) is 0 Å². The van der Waals surface area contributed by atoms with E-state index in [1.807, 2.05) is 19.1 Å². The number of aromatic nitrogens is 2. The minimum atomic E-state index is -0.711. The highest BCUT2D eigenvalue weighted by atomic mass is 16.5. The number of benzene rings is 1. The summed E-state index contributed by atoms with van der Waals surface area (Å²) in [6.45, 7) is 1.99. The van der Waals surface area contributed by atoms with Crippen molar-refractivity contribution >= 4 is 11.8 Å². The number of Topliss-reactive ketones (excluding diaryl/α,β-unsaturated/α-hetero) is 1. The second-order valence-corrected chi connectivity index (χ2v) is 7.24. The summed E-state index contributed by atoms with van der Waals surface area (Å²) >= 11 is 0. The Bertz CT molecular complexity index is 880. The van der Waals surface area contributed by atoms with Crippen molar-refractivity contribution in [1.29, 1.82) is 0 Å². The molecule has 6 nitrogen and oxygen atoms in total. The molecule has 1 aromatic carbocycles. The number of carbonyl (C=O) groups is 2. The minimum absolute atomic E-state index is 0.0218. The van der Waals surface area contributed by atoms with Gasteiger partial charge in [-0.3, -0.25) is 9.59 Å². The fraction of sp³-hybridized carbons (Fsp3) is 0.455. The van der Waals surface area contributed by atoms with Crippen LogP contribution in [0.1, 0.15) is 77.8 Å². The van der Waals surface area contributed by atoms with Gasteiger partial charge in [-0.2, -0.15) is 5.10 Å². The van der Waals surface area contributed by atoms with E-state index >= 15 is 0 Å². The third-order valence-electron chi connectivity index (χ3n) is 5.15. The van der Waals surface area contributed by atoms with E-state index in [4.69, 9.17) is 4.74 Å². The number of aryl methyl sites for hydroxylation is 1. The first-order valence-corrected chi connectivity index (χ1v) is 9.97. The maximum absolute atomic E-state index is 12.3. The zero-order valence-electron chi connectivity index (χ0n) is 16.2. The smallest absolute Gasteiger partial charge is 0.359 e. The Morgan fingerprint density at radius 2 is 1.79 bits per heavy atom. The molecule has 1 aliphatic rings. The van der Waals surface area contributed by atoms with E-state index < -0.39 is 5.97 Å². The molecular weight excluding hydrogens is 356 g/mol. The molecule has 0 saturated heterocycles. The summed E-state index contributed by atoms with van der Waals surface area (Å²) in [4.78, 5) is 36.2. The van der Waals surface area contributed by atoms with Crippen molar-refractivity contribution in [2.45, 2.75) is 57.9 Å². The first-order valence-electron chi connectivity index (χ1n) is 9.97. The fourth-order valence-electron chi connectivity index (χ4n) is 3.60. The van der Waals surface area contributed by atoms with Gasteiger partial charge in [0, 0.05) is 18.2 Å². The zero-order chi connectivity index (χ0) is 19.9. The molecule has 3 rings (SSSR count). The van der Waals surface area contributed by atoms with E-state index in [0.717, 1.165) is 6.42 Å². The Hall–Kier alpha value is -2.76. The zero-order valence-corrected chi connectivity index (χ0v) is 16.2. The van der Waals surface area contributed by atoms with Crippen molar-refractivity contribution < 1.29 is 14.3 Å². The van der Waals surface area contributed by atoms with Crippen LogP contribution in [0.15, 0.2) is 41.2 Å². The second kappa shape index (κ2) is 9.44. The highest BCUT2D eigenvalue weighted by Gasteiger charge is 2.17. The maximum atomic E-state index is 12.3. The number of ketones is 1. The summed E-state index contributed by atoms with van der Waals surface area (Å²) in [5.41, 5.74) is 1.55.